The van der Waals surface area contributed by atoms with Crippen molar-refractivity contribution in [3.05, 3.63) is 98.6 Å². The fraction of sp³-hybridized carbons (Fsp3) is 0.185. The number of hydrogen-bond acceptors (Lipinski definition) is 1. The molecule has 0 saturated carbocycles. The molecule has 3 rings (SSSR count). The van der Waals surface area contributed by atoms with Gasteiger partial charge in [0.05, 0.1) is 10.5 Å². The van der Waals surface area contributed by atoms with E-state index in [9.17, 15) is 26.3 Å². The second-order valence-corrected chi connectivity index (χ2v) is 8.19. The molecule has 0 aliphatic heterocycles. The second-order valence-electron chi connectivity index (χ2n) is 7.38. The fourth-order valence-electron chi connectivity index (χ4n) is 3.22. The van der Waals surface area contributed by atoms with Crippen molar-refractivity contribution >= 4 is 11.8 Å². The third-order valence-electron chi connectivity index (χ3n) is 4.95. The van der Waals surface area contributed by atoms with Crippen LogP contribution in [-0.4, -0.2) is 6.26 Å². The summed E-state index contributed by atoms with van der Waals surface area (Å²) < 4.78 is 84.7. The van der Waals surface area contributed by atoms with Crippen molar-refractivity contribution in [2.24, 2.45) is 0 Å². The van der Waals surface area contributed by atoms with Gasteiger partial charge in [-0.05, 0) is 61.1 Å². The highest BCUT2D eigenvalue weighted by atomic mass is 32.2. The van der Waals surface area contributed by atoms with Gasteiger partial charge in [0.25, 0.3) is 0 Å². The lowest BCUT2D eigenvalue weighted by Gasteiger charge is -2.06. The van der Waals surface area contributed by atoms with E-state index >= 15 is 0 Å². The largest absolute Gasteiger partial charge is 0.206 e. The Balaban J connectivity index is 1.92. The highest BCUT2D eigenvalue weighted by Gasteiger charge is 2.24. The van der Waals surface area contributed by atoms with Crippen LogP contribution in [-0.2, 0) is 6.42 Å². The monoisotopic (exact) mass is 488 g/mol. The van der Waals surface area contributed by atoms with Crippen molar-refractivity contribution in [3.63, 3.8) is 0 Å². The number of benzene rings is 3. The molecule has 3 aromatic rings. The molecule has 0 spiro atoms. The Bertz CT molecular complexity index is 1330. The molecular formula is C27H18F6S. The molecule has 0 aliphatic carbocycles. The molecule has 7 heteroatoms. The molecule has 0 amide bonds. The van der Waals surface area contributed by atoms with Crippen LogP contribution in [0, 0.1) is 65.5 Å². The molecule has 0 heterocycles. The molecule has 0 saturated heterocycles. The van der Waals surface area contributed by atoms with E-state index in [-0.39, 0.29) is 5.56 Å². The van der Waals surface area contributed by atoms with E-state index in [1.165, 1.54) is 30.5 Å². The van der Waals surface area contributed by atoms with E-state index in [4.69, 9.17) is 0 Å². The summed E-state index contributed by atoms with van der Waals surface area (Å²) in [5, 5.41) is 0. The summed E-state index contributed by atoms with van der Waals surface area (Å²) in [5.74, 6) is 2.21. The van der Waals surface area contributed by atoms with Crippen LogP contribution in [0.4, 0.5) is 26.3 Å². The van der Waals surface area contributed by atoms with Crippen LogP contribution in [0.15, 0.2) is 35.2 Å². The number of thioether (sulfide) groups is 1. The lowest BCUT2D eigenvalue weighted by molar-refractivity contribution is 0.423. The Morgan fingerprint density at radius 1 is 0.735 bits per heavy atom. The Morgan fingerprint density at radius 2 is 1.32 bits per heavy atom. The van der Waals surface area contributed by atoms with Crippen LogP contribution in [0.1, 0.15) is 46.7 Å². The van der Waals surface area contributed by atoms with E-state index < -0.39 is 45.4 Å². The molecular weight excluding hydrogens is 470 g/mol. The van der Waals surface area contributed by atoms with E-state index in [1.807, 2.05) is 6.92 Å². The molecule has 0 bridgehead atoms. The Morgan fingerprint density at radius 3 is 1.85 bits per heavy atom. The topological polar surface area (TPSA) is 0 Å². The zero-order valence-electron chi connectivity index (χ0n) is 18.5. The van der Waals surface area contributed by atoms with Crippen LogP contribution >= 0.6 is 11.8 Å². The predicted octanol–water partition coefficient (Wildman–Crippen LogP) is 7.30. The summed E-state index contributed by atoms with van der Waals surface area (Å²) in [6.45, 7) is 3.55. The Kier molecular flexibility index (Phi) is 8.02. The third-order valence-corrected chi connectivity index (χ3v) is 5.71. The van der Waals surface area contributed by atoms with Crippen molar-refractivity contribution in [1.29, 1.82) is 0 Å². The van der Waals surface area contributed by atoms with Crippen LogP contribution in [0.25, 0.3) is 0 Å². The smallest absolute Gasteiger partial charge is 0.178 e. The van der Waals surface area contributed by atoms with Crippen LogP contribution in [0.5, 0.6) is 0 Å². The number of rotatable bonds is 3. The molecule has 0 aliphatic rings. The molecule has 0 N–H and O–H groups in total. The minimum atomic E-state index is -1.56. The summed E-state index contributed by atoms with van der Waals surface area (Å²) in [6, 6.07) is 7.09. The quantitative estimate of drug-likeness (QED) is 0.161. The van der Waals surface area contributed by atoms with Crippen molar-refractivity contribution < 1.29 is 26.3 Å². The van der Waals surface area contributed by atoms with E-state index in [0.29, 0.717) is 40.4 Å². The fourth-order valence-corrected chi connectivity index (χ4v) is 3.76. The van der Waals surface area contributed by atoms with Gasteiger partial charge in [-0.1, -0.05) is 37.0 Å². The predicted molar refractivity (Wildman–Crippen MR) is 122 cm³/mol. The summed E-state index contributed by atoms with van der Waals surface area (Å²) in [4.78, 5) is -0.757. The average molecular weight is 488 g/mol. The summed E-state index contributed by atoms with van der Waals surface area (Å²) in [5.41, 5.74) is 0.510. The average Bonchev–Trinajstić information content (AvgIpc) is 2.79. The molecule has 34 heavy (non-hydrogen) atoms. The molecule has 3 aromatic carbocycles. The van der Waals surface area contributed by atoms with E-state index in [1.54, 1.807) is 13.0 Å². The molecule has 0 fully saturated rings. The molecule has 0 aromatic heterocycles. The van der Waals surface area contributed by atoms with Gasteiger partial charge in [-0.2, -0.15) is 0 Å². The zero-order chi connectivity index (χ0) is 25.0. The first-order valence-corrected chi connectivity index (χ1v) is 11.4. The van der Waals surface area contributed by atoms with Crippen molar-refractivity contribution in [1.82, 2.24) is 0 Å². The standard InChI is InChI=1S/C27H18F6S/c1-4-5-17-13-21(28)19(22(29)14-17)10-7-16-6-8-18(15(2)12-16)9-11-20-23(30)25(32)27(34-3)26(33)24(20)31/h6,8,12-14H,4-5H2,1-3H3. The van der Waals surface area contributed by atoms with Gasteiger partial charge in [0.2, 0.25) is 0 Å². The normalized spacial score (nSPS) is 10.4. The minimum absolute atomic E-state index is 0.334. The Labute approximate surface area is 198 Å². The maximum atomic E-state index is 14.2. The minimum Gasteiger partial charge on any atom is -0.206 e. The first-order chi connectivity index (χ1) is 16.2. The third kappa shape index (κ3) is 5.26. The first kappa shape index (κ1) is 25.3. The SMILES string of the molecule is CCCc1cc(F)c(C#Cc2ccc(C#Cc3c(F)c(F)c(SC)c(F)c3F)c(C)c2)c(F)c1. The van der Waals surface area contributed by atoms with E-state index in [2.05, 4.69) is 23.7 Å². The van der Waals surface area contributed by atoms with Gasteiger partial charge < -0.3 is 0 Å². The lowest BCUT2D eigenvalue weighted by atomic mass is 10.0. The van der Waals surface area contributed by atoms with Crippen LogP contribution in [0.2, 0.25) is 0 Å². The highest BCUT2D eigenvalue weighted by molar-refractivity contribution is 7.98. The van der Waals surface area contributed by atoms with Gasteiger partial charge in [-0.3, -0.25) is 0 Å². The number of aryl methyl sites for hydroxylation is 2. The van der Waals surface area contributed by atoms with Crippen molar-refractivity contribution in [3.8, 4) is 23.7 Å². The molecule has 0 radical (unpaired) electrons. The van der Waals surface area contributed by atoms with Crippen LogP contribution < -0.4 is 0 Å². The van der Waals surface area contributed by atoms with Gasteiger partial charge in [0, 0.05) is 11.1 Å². The summed E-state index contributed by atoms with van der Waals surface area (Å²) in [6.07, 6.45) is 2.60. The molecule has 0 nitrogen and oxygen atoms in total. The first-order valence-electron chi connectivity index (χ1n) is 10.2. The maximum absolute atomic E-state index is 14.2. The summed E-state index contributed by atoms with van der Waals surface area (Å²) >= 11 is 0.547. The van der Waals surface area contributed by atoms with Gasteiger partial charge >= 0.3 is 0 Å². The van der Waals surface area contributed by atoms with Gasteiger partial charge in [-0.15, -0.1) is 11.8 Å². The number of hydrogen-bond donors (Lipinski definition) is 0. The van der Waals surface area contributed by atoms with Gasteiger partial charge in [0.15, 0.2) is 23.3 Å². The van der Waals surface area contributed by atoms with Crippen molar-refractivity contribution in [2.75, 3.05) is 6.26 Å². The second kappa shape index (κ2) is 10.8. The molecule has 0 unspecified atom stereocenters. The van der Waals surface area contributed by atoms with Gasteiger partial charge in [-0.25, -0.2) is 26.3 Å². The molecule has 0 atom stereocenters. The van der Waals surface area contributed by atoms with Gasteiger partial charge in [0.1, 0.15) is 17.2 Å². The molecule has 174 valence electrons. The highest BCUT2D eigenvalue weighted by Crippen LogP contribution is 2.29. The lowest BCUT2D eigenvalue weighted by Crippen LogP contribution is -2.03. The summed E-state index contributed by atoms with van der Waals surface area (Å²) in [7, 11) is 0. The maximum Gasteiger partial charge on any atom is 0.178 e. The van der Waals surface area contributed by atoms with Crippen LogP contribution in [0.3, 0.4) is 0 Å². The Hall–Kier alpha value is -3.29. The zero-order valence-corrected chi connectivity index (χ0v) is 19.3. The van der Waals surface area contributed by atoms with E-state index in [0.717, 1.165) is 6.42 Å². The number of halogens is 6. The van der Waals surface area contributed by atoms with Crippen molar-refractivity contribution in [2.45, 2.75) is 31.6 Å².